The van der Waals surface area contributed by atoms with Crippen LogP contribution in [0.3, 0.4) is 0 Å². The van der Waals surface area contributed by atoms with Gasteiger partial charge in [-0.1, -0.05) is 62.1 Å². The zero-order valence-corrected chi connectivity index (χ0v) is 13.6. The minimum absolute atomic E-state index is 0.454. The first-order valence-electron chi connectivity index (χ1n) is 8.22. The summed E-state index contributed by atoms with van der Waals surface area (Å²) >= 11 is 0. The Morgan fingerprint density at radius 3 is 2.36 bits per heavy atom. The predicted molar refractivity (Wildman–Crippen MR) is 89.8 cm³/mol. The fourth-order valence-corrected chi connectivity index (χ4v) is 2.23. The molecule has 1 aromatic carbocycles. The van der Waals surface area contributed by atoms with E-state index in [1.807, 2.05) is 24.3 Å². The Labute approximate surface area is 134 Å². The Kier molecular flexibility index (Phi) is 10.0. The number of hydrogen-bond donors (Lipinski definition) is 1. The lowest BCUT2D eigenvalue weighted by Crippen LogP contribution is -1.96. The van der Waals surface area contributed by atoms with E-state index >= 15 is 0 Å². The van der Waals surface area contributed by atoms with E-state index in [0.717, 1.165) is 25.9 Å². The molecule has 0 saturated carbocycles. The number of unbranched alkanes of at least 4 members (excludes halogenated alkanes) is 6. The van der Waals surface area contributed by atoms with Gasteiger partial charge in [0.15, 0.2) is 0 Å². The molecule has 0 aliphatic carbocycles. The molecule has 0 aliphatic rings. The van der Waals surface area contributed by atoms with Crippen LogP contribution < -0.4 is 0 Å². The molecule has 0 spiro atoms. The molecule has 122 valence electrons. The number of carboxylic acids is 1. The molecule has 0 radical (unpaired) electrons. The third-order valence-electron chi connectivity index (χ3n) is 3.64. The van der Waals surface area contributed by atoms with Crippen LogP contribution in [0.2, 0.25) is 0 Å². The fourth-order valence-electron chi connectivity index (χ4n) is 2.23. The van der Waals surface area contributed by atoms with Crippen molar-refractivity contribution in [2.75, 3.05) is 6.61 Å². The van der Waals surface area contributed by atoms with Gasteiger partial charge < -0.3 is 9.84 Å². The van der Waals surface area contributed by atoms with Crippen LogP contribution in [0, 0.1) is 0 Å². The monoisotopic (exact) mass is 304 g/mol. The maximum Gasteiger partial charge on any atom is 0.330 e. The van der Waals surface area contributed by atoms with E-state index in [-0.39, 0.29) is 0 Å². The summed E-state index contributed by atoms with van der Waals surface area (Å²) in [6, 6.07) is 10.3. The first-order chi connectivity index (χ1) is 10.7. The summed E-state index contributed by atoms with van der Waals surface area (Å²) in [6.45, 7) is 3.18. The molecule has 3 nitrogen and oxygen atoms in total. The topological polar surface area (TPSA) is 46.5 Å². The zero-order chi connectivity index (χ0) is 16.0. The Morgan fingerprint density at radius 1 is 1.05 bits per heavy atom. The molecule has 0 bridgehead atoms. The van der Waals surface area contributed by atoms with Crippen molar-refractivity contribution in [2.24, 2.45) is 0 Å². The van der Waals surface area contributed by atoms with Gasteiger partial charge in [-0.15, -0.1) is 0 Å². The highest BCUT2D eigenvalue weighted by atomic mass is 16.5. The molecule has 1 aromatic rings. The van der Waals surface area contributed by atoms with Crippen molar-refractivity contribution in [1.29, 1.82) is 0 Å². The third-order valence-corrected chi connectivity index (χ3v) is 3.64. The number of rotatable bonds is 12. The van der Waals surface area contributed by atoms with Crippen molar-refractivity contribution in [3.63, 3.8) is 0 Å². The van der Waals surface area contributed by atoms with Crippen LogP contribution in [0.15, 0.2) is 42.0 Å². The van der Waals surface area contributed by atoms with Crippen molar-refractivity contribution >= 4 is 5.97 Å². The summed E-state index contributed by atoms with van der Waals surface area (Å²) in [5, 5.41) is 8.72. The minimum atomic E-state index is -0.810. The molecule has 0 amide bonds. The molecule has 0 aliphatic heterocycles. The van der Waals surface area contributed by atoms with Gasteiger partial charge in [0, 0.05) is 12.2 Å². The van der Waals surface area contributed by atoms with Crippen LogP contribution in [0.25, 0.3) is 0 Å². The minimum Gasteiger partial charge on any atom is -0.478 e. The summed E-state index contributed by atoms with van der Waals surface area (Å²) < 4.78 is 5.65. The van der Waals surface area contributed by atoms with E-state index < -0.39 is 5.97 Å². The van der Waals surface area contributed by atoms with E-state index in [2.05, 4.69) is 12.1 Å². The fraction of sp³-hybridized carbons (Fsp3) is 0.526. The predicted octanol–water partition coefficient (Wildman–Crippen LogP) is 4.96. The van der Waals surface area contributed by atoms with E-state index in [1.54, 1.807) is 6.92 Å². The molecule has 0 fully saturated rings. The van der Waals surface area contributed by atoms with Crippen LogP contribution in [-0.2, 0) is 16.1 Å². The van der Waals surface area contributed by atoms with Gasteiger partial charge >= 0.3 is 5.97 Å². The first-order valence-corrected chi connectivity index (χ1v) is 8.22. The van der Waals surface area contributed by atoms with Crippen LogP contribution in [0.1, 0.15) is 57.4 Å². The number of benzene rings is 1. The second-order valence-corrected chi connectivity index (χ2v) is 5.64. The SMILES string of the molecule is C/C(=C\CCCCCCCCOCc1ccccc1)C(=O)O. The highest BCUT2D eigenvalue weighted by Gasteiger charge is 1.98. The molecule has 3 heteroatoms. The second kappa shape index (κ2) is 12.0. The third kappa shape index (κ3) is 9.35. The lowest BCUT2D eigenvalue weighted by atomic mass is 10.1. The highest BCUT2D eigenvalue weighted by Crippen LogP contribution is 2.09. The molecular weight excluding hydrogens is 276 g/mol. The van der Waals surface area contributed by atoms with Gasteiger partial charge in [0.25, 0.3) is 0 Å². The van der Waals surface area contributed by atoms with Gasteiger partial charge in [-0.05, 0) is 31.7 Å². The van der Waals surface area contributed by atoms with Crippen molar-refractivity contribution in [1.82, 2.24) is 0 Å². The Balaban J connectivity index is 1.86. The molecule has 0 saturated heterocycles. The number of ether oxygens (including phenoxy) is 1. The molecule has 0 atom stereocenters. The average molecular weight is 304 g/mol. The van der Waals surface area contributed by atoms with Gasteiger partial charge in [-0.3, -0.25) is 0 Å². The first kappa shape index (κ1) is 18.4. The zero-order valence-electron chi connectivity index (χ0n) is 13.6. The quantitative estimate of drug-likeness (QED) is 0.438. The van der Waals surface area contributed by atoms with Crippen molar-refractivity contribution in [2.45, 2.75) is 58.5 Å². The maximum absolute atomic E-state index is 10.6. The lowest BCUT2D eigenvalue weighted by molar-refractivity contribution is -0.132. The van der Waals surface area contributed by atoms with E-state index in [1.165, 1.54) is 31.2 Å². The van der Waals surface area contributed by atoms with E-state index in [0.29, 0.717) is 12.2 Å². The molecule has 0 heterocycles. The van der Waals surface area contributed by atoms with Crippen molar-refractivity contribution < 1.29 is 14.6 Å². The van der Waals surface area contributed by atoms with Gasteiger partial charge in [-0.2, -0.15) is 0 Å². The van der Waals surface area contributed by atoms with Crippen molar-refractivity contribution in [3.8, 4) is 0 Å². The summed E-state index contributed by atoms with van der Waals surface area (Å²) in [6.07, 6.45) is 9.72. The van der Waals surface area contributed by atoms with Crippen LogP contribution in [0.5, 0.6) is 0 Å². The largest absolute Gasteiger partial charge is 0.478 e. The van der Waals surface area contributed by atoms with E-state index in [9.17, 15) is 4.79 Å². The summed E-state index contributed by atoms with van der Waals surface area (Å²) in [7, 11) is 0. The van der Waals surface area contributed by atoms with Gasteiger partial charge in [-0.25, -0.2) is 4.79 Å². The second-order valence-electron chi connectivity index (χ2n) is 5.64. The van der Waals surface area contributed by atoms with Crippen LogP contribution in [0.4, 0.5) is 0 Å². The summed E-state index contributed by atoms with van der Waals surface area (Å²) in [5.41, 5.74) is 1.68. The number of carboxylic acid groups (broad SMARTS) is 1. The average Bonchev–Trinajstić information content (AvgIpc) is 2.53. The number of allylic oxidation sites excluding steroid dienone is 1. The normalized spacial score (nSPS) is 11.6. The molecule has 0 aromatic heterocycles. The van der Waals surface area contributed by atoms with Crippen molar-refractivity contribution in [3.05, 3.63) is 47.5 Å². The number of hydrogen-bond acceptors (Lipinski definition) is 2. The molecule has 0 unspecified atom stereocenters. The van der Waals surface area contributed by atoms with Gasteiger partial charge in [0.2, 0.25) is 0 Å². The van der Waals surface area contributed by atoms with Crippen LogP contribution in [-0.4, -0.2) is 17.7 Å². The van der Waals surface area contributed by atoms with Gasteiger partial charge in [0.05, 0.1) is 6.61 Å². The lowest BCUT2D eigenvalue weighted by Gasteiger charge is -2.04. The highest BCUT2D eigenvalue weighted by molar-refractivity contribution is 5.85. The number of aliphatic carboxylic acids is 1. The number of carbonyl (C=O) groups is 1. The summed E-state index contributed by atoms with van der Waals surface area (Å²) in [4.78, 5) is 10.6. The standard InChI is InChI=1S/C19H28O3/c1-17(19(20)21)12-8-5-3-2-4-6-11-15-22-16-18-13-9-7-10-14-18/h7,9-10,12-14H,2-6,8,11,15-16H2,1H3,(H,20,21)/b17-12+. The molecule has 1 rings (SSSR count). The Bertz CT molecular complexity index is 437. The molecular formula is C19H28O3. The Hall–Kier alpha value is -1.61. The summed E-state index contributed by atoms with van der Waals surface area (Å²) in [5.74, 6) is -0.810. The molecule has 1 N–H and O–H groups in total. The smallest absolute Gasteiger partial charge is 0.330 e. The molecule has 22 heavy (non-hydrogen) atoms. The van der Waals surface area contributed by atoms with Crippen LogP contribution >= 0.6 is 0 Å². The maximum atomic E-state index is 10.6. The van der Waals surface area contributed by atoms with E-state index in [4.69, 9.17) is 9.84 Å². The Morgan fingerprint density at radius 2 is 1.68 bits per heavy atom. The van der Waals surface area contributed by atoms with Gasteiger partial charge in [0.1, 0.15) is 0 Å².